The van der Waals surface area contributed by atoms with Crippen LogP contribution in [0.25, 0.3) is 0 Å². The van der Waals surface area contributed by atoms with Crippen molar-refractivity contribution in [1.82, 2.24) is 15.1 Å². The Kier molecular flexibility index (Phi) is 5.16. The molecule has 0 radical (unpaired) electrons. The minimum Gasteiger partial charge on any atom is -0.478 e. The molecular weight excluding hydrogens is 406 g/mol. The van der Waals surface area contributed by atoms with Gasteiger partial charge in [-0.25, -0.2) is 9.18 Å². The van der Waals surface area contributed by atoms with E-state index in [2.05, 4.69) is 5.32 Å². The van der Waals surface area contributed by atoms with Crippen molar-refractivity contribution in [3.63, 3.8) is 0 Å². The quantitative estimate of drug-likeness (QED) is 0.519. The number of likely N-dealkylation sites (tertiary alicyclic amines) is 1. The molecule has 6 nitrogen and oxygen atoms in total. The number of carbonyl (C=O) groups excluding carboxylic acids is 1. The van der Waals surface area contributed by atoms with E-state index in [0.29, 0.717) is 24.2 Å². The van der Waals surface area contributed by atoms with Gasteiger partial charge in [0.25, 0.3) is 5.91 Å². The Bertz CT molecular complexity index is 860. The van der Waals surface area contributed by atoms with E-state index < -0.39 is 42.5 Å². The van der Waals surface area contributed by atoms with Gasteiger partial charge in [0.2, 0.25) is 0 Å². The van der Waals surface area contributed by atoms with Gasteiger partial charge in [-0.05, 0) is 37.7 Å². The van der Waals surface area contributed by atoms with Gasteiger partial charge in [-0.15, -0.1) is 0 Å². The third-order valence-electron chi connectivity index (χ3n) is 6.28. The van der Waals surface area contributed by atoms with Crippen molar-refractivity contribution in [2.24, 2.45) is 11.8 Å². The SMILES string of the molecule is CC1=C(N2CCC(NCC(F)(F)F)C2)C(F)=CN2C(=O)C(C(=O)O)=CC(C3CC3)C12. The molecule has 0 spiro atoms. The fourth-order valence-electron chi connectivity index (χ4n) is 4.78. The predicted molar refractivity (Wildman–Crippen MR) is 98.5 cm³/mol. The first-order valence-corrected chi connectivity index (χ1v) is 9.98. The fourth-order valence-corrected chi connectivity index (χ4v) is 4.78. The molecule has 4 aliphatic rings. The lowest BCUT2D eigenvalue weighted by molar-refractivity contribution is -0.138. The molecule has 30 heavy (non-hydrogen) atoms. The summed E-state index contributed by atoms with van der Waals surface area (Å²) in [6.07, 6.45) is 0.509. The first-order valence-electron chi connectivity index (χ1n) is 9.98. The highest BCUT2D eigenvalue weighted by Crippen LogP contribution is 2.47. The monoisotopic (exact) mass is 429 g/mol. The summed E-state index contributed by atoms with van der Waals surface area (Å²) in [6.45, 7) is 1.25. The van der Waals surface area contributed by atoms with E-state index in [1.807, 2.05) is 0 Å². The standard InChI is InChI=1S/C20H23F4N3O3/c1-10-16-13(11-2-3-11)6-14(19(29)30)18(28)27(16)8-15(21)17(10)26-5-4-12(7-26)25-9-20(22,23)24/h6,8,11-13,16,25H,2-5,7,9H2,1H3,(H,29,30). The van der Waals surface area contributed by atoms with Gasteiger partial charge in [0.05, 0.1) is 18.3 Å². The molecule has 10 heteroatoms. The molecule has 0 aromatic rings. The second kappa shape index (κ2) is 7.40. The highest BCUT2D eigenvalue weighted by molar-refractivity contribution is 6.16. The second-order valence-corrected chi connectivity index (χ2v) is 8.39. The normalized spacial score (nSPS) is 29.8. The van der Waals surface area contributed by atoms with Crippen LogP contribution in [-0.4, -0.2) is 64.7 Å². The summed E-state index contributed by atoms with van der Waals surface area (Å²) in [5, 5.41) is 11.8. The highest BCUT2D eigenvalue weighted by Gasteiger charge is 2.48. The number of aliphatic carboxylic acids is 1. The summed E-state index contributed by atoms with van der Waals surface area (Å²) < 4.78 is 52.5. The molecule has 1 saturated heterocycles. The van der Waals surface area contributed by atoms with Crippen molar-refractivity contribution < 1.29 is 32.3 Å². The van der Waals surface area contributed by atoms with Crippen LogP contribution in [0.5, 0.6) is 0 Å². The molecule has 1 aliphatic carbocycles. The molecule has 0 aromatic heterocycles. The summed E-state index contributed by atoms with van der Waals surface area (Å²) in [7, 11) is 0. The van der Waals surface area contributed by atoms with Gasteiger partial charge in [-0.3, -0.25) is 4.79 Å². The lowest BCUT2D eigenvalue weighted by Crippen LogP contribution is -2.50. The molecular formula is C20H23F4N3O3. The second-order valence-electron chi connectivity index (χ2n) is 8.39. The zero-order valence-corrected chi connectivity index (χ0v) is 16.4. The van der Waals surface area contributed by atoms with Crippen LogP contribution in [-0.2, 0) is 9.59 Å². The molecule has 3 unspecified atom stereocenters. The van der Waals surface area contributed by atoms with Crippen LogP contribution in [0.3, 0.4) is 0 Å². The van der Waals surface area contributed by atoms with Crippen LogP contribution in [0, 0.1) is 11.8 Å². The molecule has 1 amide bonds. The number of halogens is 4. The Morgan fingerprint density at radius 1 is 1.30 bits per heavy atom. The summed E-state index contributed by atoms with van der Waals surface area (Å²) in [5.74, 6) is -2.75. The topological polar surface area (TPSA) is 72.9 Å². The highest BCUT2D eigenvalue weighted by atomic mass is 19.4. The molecule has 3 aliphatic heterocycles. The molecule has 2 N–H and O–H groups in total. The molecule has 3 atom stereocenters. The van der Waals surface area contributed by atoms with E-state index in [1.165, 1.54) is 11.0 Å². The molecule has 1 saturated carbocycles. The minimum absolute atomic E-state index is 0.227. The Labute approximate surface area is 170 Å². The van der Waals surface area contributed by atoms with Crippen molar-refractivity contribution in [1.29, 1.82) is 0 Å². The van der Waals surface area contributed by atoms with Crippen LogP contribution in [0.2, 0.25) is 0 Å². The summed E-state index contributed by atoms with van der Waals surface area (Å²) in [5.41, 5.74) is 0.566. The number of nitrogens with one attached hydrogen (secondary N) is 1. The van der Waals surface area contributed by atoms with E-state index in [-0.39, 0.29) is 24.0 Å². The number of carbonyl (C=O) groups is 2. The van der Waals surface area contributed by atoms with E-state index in [9.17, 15) is 27.9 Å². The van der Waals surface area contributed by atoms with Crippen molar-refractivity contribution in [3.05, 3.63) is 34.9 Å². The molecule has 2 fully saturated rings. The number of allylic oxidation sites excluding steroid dienone is 1. The van der Waals surface area contributed by atoms with Crippen molar-refractivity contribution >= 4 is 11.9 Å². The average molecular weight is 429 g/mol. The van der Waals surface area contributed by atoms with E-state index >= 15 is 4.39 Å². The van der Waals surface area contributed by atoms with Gasteiger partial charge < -0.3 is 20.2 Å². The van der Waals surface area contributed by atoms with Crippen molar-refractivity contribution in [2.75, 3.05) is 19.6 Å². The van der Waals surface area contributed by atoms with Gasteiger partial charge in [0, 0.05) is 31.2 Å². The number of hydrogen-bond acceptors (Lipinski definition) is 4. The molecule has 0 bridgehead atoms. The van der Waals surface area contributed by atoms with E-state index in [0.717, 1.165) is 19.0 Å². The van der Waals surface area contributed by atoms with E-state index in [1.54, 1.807) is 11.8 Å². The largest absolute Gasteiger partial charge is 0.478 e. The number of hydrogen-bond donors (Lipinski definition) is 2. The summed E-state index contributed by atoms with van der Waals surface area (Å²) in [4.78, 5) is 27.0. The van der Waals surface area contributed by atoms with Crippen LogP contribution in [0.1, 0.15) is 26.2 Å². The third kappa shape index (κ3) is 3.84. The summed E-state index contributed by atoms with van der Waals surface area (Å²) in [6, 6.07) is -0.895. The van der Waals surface area contributed by atoms with Gasteiger partial charge in [-0.1, -0.05) is 6.08 Å². The van der Waals surface area contributed by atoms with E-state index in [4.69, 9.17) is 0 Å². The third-order valence-corrected chi connectivity index (χ3v) is 6.28. The first kappa shape index (κ1) is 20.9. The number of nitrogens with zero attached hydrogens (tertiary/aromatic N) is 2. The van der Waals surface area contributed by atoms with Crippen molar-refractivity contribution in [3.8, 4) is 0 Å². The zero-order chi connectivity index (χ0) is 21.8. The molecule has 4 rings (SSSR count). The van der Waals surface area contributed by atoms with Crippen molar-refractivity contribution in [2.45, 2.75) is 44.4 Å². The number of amides is 1. The van der Waals surface area contributed by atoms with Crippen LogP contribution < -0.4 is 5.32 Å². The smallest absolute Gasteiger partial charge is 0.401 e. The van der Waals surface area contributed by atoms with Gasteiger partial charge >= 0.3 is 12.1 Å². The maximum atomic E-state index is 15.1. The fraction of sp³-hybridized carbons (Fsp3) is 0.600. The lowest BCUT2D eigenvalue weighted by Gasteiger charge is -2.43. The Hall–Kier alpha value is -2.36. The van der Waals surface area contributed by atoms with Gasteiger partial charge in [0.1, 0.15) is 5.57 Å². The zero-order valence-electron chi connectivity index (χ0n) is 16.4. The molecule has 0 aromatic carbocycles. The van der Waals surface area contributed by atoms with Gasteiger partial charge in [-0.2, -0.15) is 13.2 Å². The lowest BCUT2D eigenvalue weighted by atomic mass is 9.81. The maximum Gasteiger partial charge on any atom is 0.401 e. The number of alkyl halides is 3. The van der Waals surface area contributed by atoms with Crippen LogP contribution in [0.4, 0.5) is 17.6 Å². The average Bonchev–Trinajstić information content (AvgIpc) is 3.39. The summed E-state index contributed by atoms with van der Waals surface area (Å²) >= 11 is 0. The Balaban J connectivity index is 1.60. The van der Waals surface area contributed by atoms with Crippen LogP contribution >= 0.6 is 0 Å². The molecule has 3 heterocycles. The van der Waals surface area contributed by atoms with Crippen LogP contribution in [0.15, 0.2) is 34.9 Å². The Morgan fingerprint density at radius 2 is 2.00 bits per heavy atom. The number of carboxylic acid groups (broad SMARTS) is 1. The molecule has 164 valence electrons. The number of fused-ring (bicyclic) bond motifs is 1. The minimum atomic E-state index is -4.31. The predicted octanol–water partition coefficient (Wildman–Crippen LogP) is 2.56. The first-order chi connectivity index (χ1) is 14.1. The Morgan fingerprint density at radius 3 is 2.60 bits per heavy atom. The number of rotatable bonds is 5. The number of carboxylic acids is 1. The maximum absolute atomic E-state index is 15.1. The van der Waals surface area contributed by atoms with Gasteiger partial charge in [0.15, 0.2) is 5.83 Å².